The SMILES string of the molecule is Cc1ccc(S(=O)(=O)CC([Se]C#N)c2ccccc2)cc1. The van der Waals surface area contributed by atoms with E-state index in [0.29, 0.717) is 4.90 Å². The van der Waals surface area contributed by atoms with Gasteiger partial charge in [-0.15, -0.1) is 0 Å². The zero-order chi connectivity index (χ0) is 15.3. The van der Waals surface area contributed by atoms with Crippen molar-refractivity contribution in [1.82, 2.24) is 0 Å². The first-order valence-corrected chi connectivity index (χ1v) is 9.92. The van der Waals surface area contributed by atoms with Crippen molar-refractivity contribution in [2.75, 3.05) is 5.75 Å². The van der Waals surface area contributed by atoms with Crippen LogP contribution < -0.4 is 0 Å². The normalized spacial score (nSPS) is 12.6. The number of rotatable bonds is 5. The Bertz CT molecular complexity index is 734. The Morgan fingerprint density at radius 3 is 2.29 bits per heavy atom. The fourth-order valence-electron chi connectivity index (χ4n) is 1.97. The van der Waals surface area contributed by atoms with Crippen LogP contribution in [-0.2, 0) is 9.84 Å². The van der Waals surface area contributed by atoms with E-state index in [4.69, 9.17) is 5.26 Å². The Labute approximate surface area is 131 Å². The van der Waals surface area contributed by atoms with E-state index < -0.39 is 24.8 Å². The molecule has 0 heterocycles. The summed E-state index contributed by atoms with van der Waals surface area (Å²) in [5, 5.41) is 8.98. The number of hydrogen-bond acceptors (Lipinski definition) is 3. The maximum atomic E-state index is 12.5. The third-order valence-electron chi connectivity index (χ3n) is 3.12. The van der Waals surface area contributed by atoms with Gasteiger partial charge in [-0.25, -0.2) is 0 Å². The Balaban J connectivity index is 2.28. The van der Waals surface area contributed by atoms with Crippen molar-refractivity contribution in [2.24, 2.45) is 0 Å². The van der Waals surface area contributed by atoms with E-state index in [-0.39, 0.29) is 10.6 Å². The molecule has 3 nitrogen and oxygen atoms in total. The molecule has 1 unspecified atom stereocenters. The van der Waals surface area contributed by atoms with Crippen LogP contribution in [0.5, 0.6) is 0 Å². The van der Waals surface area contributed by atoms with Crippen molar-refractivity contribution >= 4 is 24.8 Å². The monoisotopic (exact) mass is 365 g/mol. The summed E-state index contributed by atoms with van der Waals surface area (Å²) in [5.74, 6) is -0.0202. The average molecular weight is 364 g/mol. The van der Waals surface area contributed by atoms with Crippen molar-refractivity contribution < 1.29 is 8.42 Å². The second-order valence-electron chi connectivity index (χ2n) is 4.70. The summed E-state index contributed by atoms with van der Waals surface area (Å²) < 4.78 is 25.0. The fraction of sp³-hybridized carbons (Fsp3) is 0.188. The van der Waals surface area contributed by atoms with Crippen molar-refractivity contribution in [2.45, 2.75) is 16.6 Å². The first kappa shape index (κ1) is 15.8. The van der Waals surface area contributed by atoms with Crippen LogP contribution >= 0.6 is 0 Å². The van der Waals surface area contributed by atoms with E-state index >= 15 is 0 Å². The topological polar surface area (TPSA) is 57.9 Å². The summed E-state index contributed by atoms with van der Waals surface area (Å²) in [5.41, 5.74) is 1.93. The molecule has 0 N–H and O–H groups in total. The van der Waals surface area contributed by atoms with Gasteiger partial charge >= 0.3 is 132 Å². The number of nitrogens with zero attached hydrogens (tertiary/aromatic N) is 1. The Kier molecular flexibility index (Phi) is 5.19. The van der Waals surface area contributed by atoms with Crippen LogP contribution in [0, 0.1) is 17.2 Å². The molecule has 0 bridgehead atoms. The minimum absolute atomic E-state index is 0.0202. The van der Waals surface area contributed by atoms with Gasteiger partial charge in [0.05, 0.1) is 0 Å². The first-order chi connectivity index (χ1) is 10.0. The molecular formula is C16H15NO2SSe. The molecular weight excluding hydrogens is 349 g/mol. The van der Waals surface area contributed by atoms with Crippen LogP contribution in [-0.4, -0.2) is 29.1 Å². The van der Waals surface area contributed by atoms with E-state index in [1.165, 1.54) is 0 Å². The predicted octanol–water partition coefficient (Wildman–Crippen LogP) is 2.70. The maximum absolute atomic E-state index is 12.5. The molecule has 0 aliphatic heterocycles. The number of hydrogen-bond donors (Lipinski definition) is 0. The molecule has 5 heteroatoms. The van der Waals surface area contributed by atoms with Gasteiger partial charge in [-0.3, -0.25) is 0 Å². The molecule has 0 amide bonds. The minimum atomic E-state index is -3.38. The van der Waals surface area contributed by atoms with Gasteiger partial charge in [0.25, 0.3) is 0 Å². The number of benzene rings is 2. The van der Waals surface area contributed by atoms with Crippen LogP contribution in [0.2, 0.25) is 0 Å². The van der Waals surface area contributed by atoms with Crippen molar-refractivity contribution in [3.05, 3.63) is 65.7 Å². The molecule has 2 aromatic rings. The number of nitriles is 1. The molecule has 0 aromatic heterocycles. The Hall–Kier alpha value is -1.60. The van der Waals surface area contributed by atoms with E-state index in [9.17, 15) is 8.42 Å². The van der Waals surface area contributed by atoms with E-state index in [1.807, 2.05) is 37.3 Å². The van der Waals surface area contributed by atoms with Gasteiger partial charge in [0.2, 0.25) is 0 Å². The first-order valence-electron chi connectivity index (χ1n) is 6.42. The van der Waals surface area contributed by atoms with Crippen molar-refractivity contribution in [3.63, 3.8) is 0 Å². The molecule has 2 aromatic carbocycles. The second kappa shape index (κ2) is 6.91. The molecule has 0 aliphatic rings. The summed E-state index contributed by atoms with van der Waals surface area (Å²) in [7, 11) is -3.38. The van der Waals surface area contributed by atoms with Crippen LogP contribution in [0.15, 0.2) is 59.5 Å². The zero-order valence-corrected chi connectivity index (χ0v) is 14.1. The summed E-state index contributed by atoms with van der Waals surface area (Å²) in [6.07, 6.45) is 0. The molecule has 0 aliphatic carbocycles. The molecule has 0 spiro atoms. The van der Waals surface area contributed by atoms with Gasteiger partial charge in [-0.2, -0.15) is 0 Å². The van der Waals surface area contributed by atoms with Gasteiger partial charge in [-0.05, 0) is 0 Å². The second-order valence-corrected chi connectivity index (χ2v) is 8.81. The quantitative estimate of drug-likeness (QED) is 0.767. The summed E-state index contributed by atoms with van der Waals surface area (Å²) in [4.78, 5) is 2.23. The van der Waals surface area contributed by atoms with E-state index in [0.717, 1.165) is 11.1 Å². The van der Waals surface area contributed by atoms with Crippen LogP contribution in [0.25, 0.3) is 0 Å². The van der Waals surface area contributed by atoms with Gasteiger partial charge in [0.1, 0.15) is 0 Å². The number of aryl methyl sites for hydroxylation is 1. The third-order valence-corrected chi connectivity index (χ3v) is 7.09. The van der Waals surface area contributed by atoms with Crippen LogP contribution in [0.4, 0.5) is 0 Å². The molecule has 0 saturated heterocycles. The van der Waals surface area contributed by atoms with E-state index in [2.05, 4.69) is 4.97 Å². The van der Waals surface area contributed by atoms with Crippen molar-refractivity contribution in [3.8, 4) is 4.97 Å². The average Bonchev–Trinajstić information content (AvgIpc) is 2.48. The molecule has 0 radical (unpaired) electrons. The standard InChI is InChI=1S/C16H15NO2SSe/c1-13-7-9-15(10-8-13)20(18,19)11-16(21-12-17)14-5-3-2-4-6-14/h2-10,16H,11H2,1H3. The van der Waals surface area contributed by atoms with Gasteiger partial charge in [-0.1, -0.05) is 0 Å². The molecule has 1 atom stereocenters. The number of sulfone groups is 1. The zero-order valence-electron chi connectivity index (χ0n) is 11.6. The Morgan fingerprint density at radius 1 is 1.10 bits per heavy atom. The van der Waals surface area contributed by atoms with Gasteiger partial charge in [0.15, 0.2) is 0 Å². The van der Waals surface area contributed by atoms with Crippen molar-refractivity contribution in [1.29, 1.82) is 5.26 Å². The van der Waals surface area contributed by atoms with E-state index in [1.54, 1.807) is 24.3 Å². The summed E-state index contributed by atoms with van der Waals surface area (Å²) >= 11 is -0.404. The van der Waals surface area contributed by atoms with Gasteiger partial charge < -0.3 is 0 Å². The third kappa shape index (κ3) is 4.18. The molecule has 0 saturated carbocycles. The molecule has 0 fully saturated rings. The van der Waals surface area contributed by atoms with Crippen LogP contribution in [0.1, 0.15) is 15.9 Å². The summed E-state index contributed by atoms with van der Waals surface area (Å²) in [6.45, 7) is 1.92. The predicted molar refractivity (Wildman–Crippen MR) is 83.8 cm³/mol. The molecule has 21 heavy (non-hydrogen) atoms. The fourth-order valence-corrected chi connectivity index (χ4v) is 5.81. The molecule has 108 valence electrons. The van der Waals surface area contributed by atoms with Crippen LogP contribution in [0.3, 0.4) is 0 Å². The van der Waals surface area contributed by atoms with Gasteiger partial charge in [0, 0.05) is 0 Å². The summed E-state index contributed by atoms with van der Waals surface area (Å²) in [6, 6.07) is 16.2. The molecule has 2 rings (SSSR count). The Morgan fingerprint density at radius 2 is 1.71 bits per heavy atom.